The molecule has 7 nitrogen and oxygen atoms in total. The zero-order valence-electron chi connectivity index (χ0n) is 18.6. The second-order valence-electron chi connectivity index (χ2n) is 9.48. The van der Waals surface area contributed by atoms with E-state index in [0.29, 0.717) is 0 Å². The van der Waals surface area contributed by atoms with Crippen LogP contribution in [0.2, 0.25) is 0 Å². The topological polar surface area (TPSA) is 89.1 Å². The molecule has 3 aliphatic rings. The van der Waals surface area contributed by atoms with Gasteiger partial charge in [-0.25, -0.2) is 4.79 Å². The predicted octanol–water partition coefficient (Wildman–Crippen LogP) is 4.19. The summed E-state index contributed by atoms with van der Waals surface area (Å²) in [7, 11) is 1.65. The highest BCUT2D eigenvalue weighted by atomic mass is 16.6. The van der Waals surface area contributed by atoms with Crippen molar-refractivity contribution in [3.8, 4) is 5.75 Å². The molecule has 1 aromatic carbocycles. The van der Waals surface area contributed by atoms with E-state index in [1.165, 1.54) is 0 Å². The first-order valence-corrected chi connectivity index (χ1v) is 10.9. The van der Waals surface area contributed by atoms with Gasteiger partial charge in [-0.15, -0.1) is 0 Å². The number of carbonyl (C=O) groups excluding carboxylic acids is 1. The molecule has 0 saturated heterocycles. The van der Waals surface area contributed by atoms with Gasteiger partial charge in [0.1, 0.15) is 23.2 Å². The number of nitrogens with one attached hydrogen (secondary N) is 2. The van der Waals surface area contributed by atoms with Crippen LogP contribution >= 0.6 is 0 Å². The van der Waals surface area contributed by atoms with Gasteiger partial charge in [-0.2, -0.15) is 0 Å². The fraction of sp³-hybridized carbons (Fsp3) is 0.542. The van der Waals surface area contributed by atoms with Crippen molar-refractivity contribution in [3.63, 3.8) is 0 Å². The van der Waals surface area contributed by atoms with E-state index >= 15 is 0 Å². The first kappa shape index (κ1) is 21.6. The molecule has 168 valence electrons. The van der Waals surface area contributed by atoms with Crippen molar-refractivity contribution in [2.45, 2.75) is 70.3 Å². The number of hydrogen-bond donors (Lipinski definition) is 3. The summed E-state index contributed by atoms with van der Waals surface area (Å²) in [6.45, 7) is 5.56. The number of ether oxygens (including phenoxy) is 3. The number of aliphatic hydroxyl groups excluding tert-OH is 1. The number of alkyl carbamates (subject to hydrolysis) is 1. The van der Waals surface area contributed by atoms with E-state index in [-0.39, 0.29) is 24.2 Å². The molecule has 0 radical (unpaired) electrons. The molecule has 7 heteroatoms. The van der Waals surface area contributed by atoms with Crippen molar-refractivity contribution < 1.29 is 24.1 Å². The molecule has 2 aliphatic heterocycles. The molecule has 4 rings (SSSR count). The molecular weight excluding hydrogens is 396 g/mol. The number of methoxy groups -OCH3 is 1. The number of benzene rings is 1. The van der Waals surface area contributed by atoms with Crippen molar-refractivity contribution in [3.05, 3.63) is 41.8 Å². The van der Waals surface area contributed by atoms with Crippen LogP contribution in [0.1, 0.15) is 52.0 Å². The third-order valence-electron chi connectivity index (χ3n) is 6.05. The van der Waals surface area contributed by atoms with Gasteiger partial charge in [0.15, 0.2) is 0 Å². The molecule has 31 heavy (non-hydrogen) atoms. The number of fused-ring (bicyclic) bond motifs is 3. The standard InChI is InChI=1S/C24H32N2O5/c1-24(2,3)31-23(28)26-15-7-5-14(6-8-15)22(27)20-12-18-17-11-16(29-4)9-10-19(17)25-13-21(18)30-20/h9-15,20,22,25,27H,5-8H2,1-4H3,(H,26,28)/t14-,15-,20?,22?. The highest BCUT2D eigenvalue weighted by Gasteiger charge is 2.37. The lowest BCUT2D eigenvalue weighted by atomic mass is 9.81. The number of aliphatic hydroxyl groups is 1. The van der Waals surface area contributed by atoms with Crippen LogP contribution in [-0.2, 0) is 9.47 Å². The van der Waals surface area contributed by atoms with Crippen molar-refractivity contribution in [1.29, 1.82) is 0 Å². The fourth-order valence-electron chi connectivity index (χ4n) is 4.48. The summed E-state index contributed by atoms with van der Waals surface area (Å²) in [6.07, 6.45) is 5.77. The van der Waals surface area contributed by atoms with Gasteiger partial charge in [-0.3, -0.25) is 0 Å². The smallest absolute Gasteiger partial charge is 0.407 e. The summed E-state index contributed by atoms with van der Waals surface area (Å²) in [4.78, 5) is 12.0. The highest BCUT2D eigenvalue weighted by Crippen LogP contribution is 2.42. The molecular formula is C24H32N2O5. The van der Waals surface area contributed by atoms with Crippen LogP contribution in [0.3, 0.4) is 0 Å². The Morgan fingerprint density at radius 3 is 2.68 bits per heavy atom. The van der Waals surface area contributed by atoms with Crippen molar-refractivity contribution >= 4 is 17.4 Å². The number of carbonyl (C=O) groups is 1. The highest BCUT2D eigenvalue weighted by molar-refractivity contribution is 5.90. The Labute approximate surface area is 183 Å². The maximum absolute atomic E-state index is 12.0. The fourth-order valence-corrected chi connectivity index (χ4v) is 4.48. The Balaban J connectivity index is 1.36. The third-order valence-corrected chi connectivity index (χ3v) is 6.05. The molecule has 2 unspecified atom stereocenters. The van der Waals surface area contributed by atoms with Gasteiger partial charge in [-0.1, -0.05) is 0 Å². The van der Waals surface area contributed by atoms with Gasteiger partial charge in [-0.05, 0) is 76.6 Å². The molecule has 0 bridgehead atoms. The summed E-state index contributed by atoms with van der Waals surface area (Å²) in [5, 5.41) is 17.2. The zero-order chi connectivity index (χ0) is 22.2. The van der Waals surface area contributed by atoms with Crippen LogP contribution in [0.4, 0.5) is 10.5 Å². The van der Waals surface area contributed by atoms with Crippen molar-refractivity contribution in [2.24, 2.45) is 5.92 Å². The summed E-state index contributed by atoms with van der Waals surface area (Å²) in [5.41, 5.74) is 2.48. The number of amides is 1. The molecule has 1 aliphatic carbocycles. The van der Waals surface area contributed by atoms with E-state index in [4.69, 9.17) is 14.2 Å². The molecule has 0 spiro atoms. The van der Waals surface area contributed by atoms with Crippen LogP contribution in [0.5, 0.6) is 5.75 Å². The molecule has 1 saturated carbocycles. The number of anilines is 1. The first-order chi connectivity index (χ1) is 14.7. The van der Waals surface area contributed by atoms with Gasteiger partial charge in [0.05, 0.1) is 13.2 Å². The van der Waals surface area contributed by atoms with E-state index < -0.39 is 11.7 Å². The lowest BCUT2D eigenvalue weighted by Crippen LogP contribution is -2.43. The van der Waals surface area contributed by atoms with Crippen molar-refractivity contribution in [1.82, 2.24) is 5.32 Å². The summed E-state index contributed by atoms with van der Waals surface area (Å²) in [6, 6.07) is 5.95. The van der Waals surface area contributed by atoms with Gasteiger partial charge in [0.2, 0.25) is 0 Å². The van der Waals surface area contributed by atoms with Gasteiger partial charge < -0.3 is 30.0 Å². The molecule has 2 atom stereocenters. The van der Waals surface area contributed by atoms with E-state index in [2.05, 4.69) is 10.6 Å². The average molecular weight is 429 g/mol. The van der Waals surface area contributed by atoms with Crippen molar-refractivity contribution in [2.75, 3.05) is 12.4 Å². The summed E-state index contributed by atoms with van der Waals surface area (Å²) >= 11 is 0. The van der Waals surface area contributed by atoms with Crippen LogP contribution in [0, 0.1) is 5.92 Å². The SMILES string of the molecule is COc1ccc2c(c1)C1=CC(C(O)[C@H]3CC[C@H](NC(=O)OC(C)(C)C)CC3)OC1=CN2. The molecule has 1 fully saturated rings. The minimum absolute atomic E-state index is 0.0787. The largest absolute Gasteiger partial charge is 0.497 e. The Hall–Kier alpha value is -2.67. The Morgan fingerprint density at radius 1 is 1.26 bits per heavy atom. The van der Waals surface area contributed by atoms with Crippen LogP contribution < -0.4 is 15.4 Å². The maximum atomic E-state index is 12.0. The first-order valence-electron chi connectivity index (χ1n) is 10.9. The molecule has 1 amide bonds. The Kier molecular flexibility index (Phi) is 5.88. The van der Waals surface area contributed by atoms with E-state index in [9.17, 15) is 9.90 Å². The predicted molar refractivity (Wildman–Crippen MR) is 119 cm³/mol. The molecule has 2 heterocycles. The molecule has 0 aromatic heterocycles. The summed E-state index contributed by atoms with van der Waals surface area (Å²) < 4.78 is 16.8. The summed E-state index contributed by atoms with van der Waals surface area (Å²) in [5.74, 6) is 1.64. The Bertz CT molecular complexity index is 894. The van der Waals surface area contributed by atoms with E-state index in [1.807, 2.05) is 51.2 Å². The monoisotopic (exact) mass is 428 g/mol. The number of rotatable bonds is 4. The minimum atomic E-state index is -0.601. The van der Waals surface area contributed by atoms with E-state index in [0.717, 1.165) is 54.0 Å². The van der Waals surface area contributed by atoms with Crippen LogP contribution in [-0.4, -0.2) is 42.2 Å². The number of allylic oxidation sites excluding steroid dienone is 1. The molecule has 3 N–H and O–H groups in total. The second-order valence-corrected chi connectivity index (χ2v) is 9.48. The Morgan fingerprint density at radius 2 is 2.00 bits per heavy atom. The zero-order valence-corrected chi connectivity index (χ0v) is 18.6. The third kappa shape index (κ3) is 4.82. The van der Waals surface area contributed by atoms with Gasteiger partial charge in [0, 0.05) is 29.1 Å². The quantitative estimate of drug-likeness (QED) is 0.666. The lowest BCUT2D eigenvalue weighted by Gasteiger charge is -2.33. The van der Waals surface area contributed by atoms with Gasteiger partial charge >= 0.3 is 6.09 Å². The average Bonchev–Trinajstić information content (AvgIpc) is 3.17. The normalized spacial score (nSPS) is 25.6. The van der Waals surface area contributed by atoms with Crippen LogP contribution in [0.25, 0.3) is 5.57 Å². The maximum Gasteiger partial charge on any atom is 0.407 e. The molecule has 1 aromatic rings. The number of hydrogen-bond acceptors (Lipinski definition) is 6. The minimum Gasteiger partial charge on any atom is -0.497 e. The van der Waals surface area contributed by atoms with Crippen LogP contribution in [0.15, 0.2) is 36.2 Å². The second kappa shape index (κ2) is 8.46. The van der Waals surface area contributed by atoms with Gasteiger partial charge in [0.25, 0.3) is 0 Å². The lowest BCUT2D eigenvalue weighted by molar-refractivity contribution is -0.0132. The van der Waals surface area contributed by atoms with E-state index in [1.54, 1.807) is 7.11 Å².